The summed E-state index contributed by atoms with van der Waals surface area (Å²) in [6.45, 7) is 1.06. The maximum absolute atomic E-state index is 12.9. The van der Waals surface area contributed by atoms with Crippen LogP contribution in [-0.4, -0.2) is 63.7 Å². The van der Waals surface area contributed by atoms with Gasteiger partial charge >= 0.3 is 5.97 Å². The van der Waals surface area contributed by atoms with Crippen LogP contribution in [0.1, 0.15) is 61.1 Å². The van der Waals surface area contributed by atoms with E-state index in [0.717, 1.165) is 31.2 Å². The van der Waals surface area contributed by atoms with Gasteiger partial charge in [-0.25, -0.2) is 0 Å². The molecule has 1 aliphatic heterocycles. The summed E-state index contributed by atoms with van der Waals surface area (Å²) in [5.74, 6) is -1.12. The first-order valence-electron chi connectivity index (χ1n) is 13.1. The van der Waals surface area contributed by atoms with Crippen LogP contribution in [0.4, 0.5) is 0 Å². The average molecular weight is 541 g/mol. The van der Waals surface area contributed by atoms with Gasteiger partial charge in [-0.2, -0.15) is 0 Å². The molecule has 0 spiro atoms. The summed E-state index contributed by atoms with van der Waals surface area (Å²) in [6.07, 6.45) is 4.26. The molecule has 0 unspecified atom stereocenters. The summed E-state index contributed by atoms with van der Waals surface area (Å²) < 4.78 is 0. The van der Waals surface area contributed by atoms with Crippen LogP contribution >= 0.6 is 0 Å². The first kappa shape index (κ1) is 31.5. The number of benzene rings is 2. The van der Waals surface area contributed by atoms with Crippen molar-refractivity contribution in [1.29, 1.82) is 5.41 Å². The van der Waals surface area contributed by atoms with Crippen molar-refractivity contribution < 1.29 is 30.4 Å². The molecule has 4 rings (SSSR count). The zero-order valence-electron chi connectivity index (χ0n) is 22.1. The van der Waals surface area contributed by atoms with E-state index in [1.54, 1.807) is 0 Å². The fraction of sp³-hybridized carbons (Fsp3) is 0.448. The highest BCUT2D eigenvalue weighted by molar-refractivity contribution is 5.94. The number of aliphatic carboxylic acids is 1. The van der Waals surface area contributed by atoms with E-state index >= 15 is 0 Å². The number of nitrogens with one attached hydrogen (secondary N) is 2. The van der Waals surface area contributed by atoms with E-state index in [9.17, 15) is 19.5 Å². The molecule has 0 aromatic heterocycles. The average Bonchev–Trinajstić information content (AvgIpc) is 3.13. The summed E-state index contributed by atoms with van der Waals surface area (Å²) in [4.78, 5) is 38.7. The Labute approximate surface area is 228 Å². The number of likely N-dealkylation sites (tertiary alicyclic amines) is 1. The zero-order chi connectivity index (χ0) is 26.4. The SMILES string of the molecule is N=C(N)c1ccc(C2CC(C(=O)NCC[C@@H]3C[C@@H](CC(=O)O)C(=O)N3CCCc3ccccc3)C2)cc1.O.O. The number of nitrogens with zero attached hydrogens (tertiary/aromatic N) is 1. The predicted octanol–water partition coefficient (Wildman–Crippen LogP) is 1.65. The number of hydrogen-bond donors (Lipinski definition) is 4. The van der Waals surface area contributed by atoms with Crippen LogP contribution < -0.4 is 11.1 Å². The lowest BCUT2D eigenvalue weighted by molar-refractivity contribution is -0.142. The van der Waals surface area contributed by atoms with Gasteiger partial charge in [0.2, 0.25) is 11.8 Å². The lowest BCUT2D eigenvalue weighted by Crippen LogP contribution is -2.41. The van der Waals surface area contributed by atoms with E-state index in [0.29, 0.717) is 37.4 Å². The Bertz CT molecular complexity index is 1120. The van der Waals surface area contributed by atoms with Crippen LogP contribution in [0, 0.1) is 17.2 Å². The van der Waals surface area contributed by atoms with Crippen molar-refractivity contribution in [2.45, 2.75) is 56.9 Å². The third-order valence-corrected chi connectivity index (χ3v) is 7.74. The Balaban J connectivity index is 0.00000267. The van der Waals surface area contributed by atoms with Crippen LogP contribution in [0.15, 0.2) is 54.6 Å². The molecule has 2 amide bonds. The van der Waals surface area contributed by atoms with Crippen molar-refractivity contribution in [3.05, 3.63) is 71.3 Å². The Kier molecular flexibility index (Phi) is 11.6. The zero-order valence-corrected chi connectivity index (χ0v) is 22.1. The number of hydrogen-bond acceptors (Lipinski definition) is 4. The Morgan fingerprint density at radius 1 is 1.03 bits per heavy atom. The molecule has 1 saturated carbocycles. The molecule has 1 saturated heterocycles. The van der Waals surface area contributed by atoms with Crippen LogP contribution in [-0.2, 0) is 20.8 Å². The van der Waals surface area contributed by atoms with Gasteiger partial charge in [-0.3, -0.25) is 19.8 Å². The second-order valence-electron chi connectivity index (χ2n) is 10.3. The summed E-state index contributed by atoms with van der Waals surface area (Å²) >= 11 is 0. The summed E-state index contributed by atoms with van der Waals surface area (Å²) in [5, 5.41) is 19.8. The topological polar surface area (TPSA) is 200 Å². The highest BCUT2D eigenvalue weighted by atomic mass is 16.4. The van der Waals surface area contributed by atoms with Crippen molar-refractivity contribution in [3.8, 4) is 0 Å². The molecule has 1 aliphatic carbocycles. The molecule has 2 aromatic carbocycles. The van der Waals surface area contributed by atoms with Crippen LogP contribution in [0.5, 0.6) is 0 Å². The number of aryl methyl sites for hydroxylation is 1. The number of rotatable bonds is 12. The van der Waals surface area contributed by atoms with Crippen LogP contribution in [0.25, 0.3) is 0 Å². The van der Waals surface area contributed by atoms with E-state index in [4.69, 9.17) is 11.1 Å². The number of carbonyl (C=O) groups excluding carboxylic acids is 2. The highest BCUT2D eigenvalue weighted by Crippen LogP contribution is 2.41. The molecule has 212 valence electrons. The third kappa shape index (κ3) is 8.11. The minimum absolute atomic E-state index is 0. The van der Waals surface area contributed by atoms with Crippen molar-refractivity contribution in [2.75, 3.05) is 13.1 Å². The van der Waals surface area contributed by atoms with Crippen molar-refractivity contribution in [1.82, 2.24) is 10.2 Å². The van der Waals surface area contributed by atoms with Gasteiger partial charge in [0, 0.05) is 30.6 Å². The first-order chi connectivity index (χ1) is 17.8. The molecule has 10 heteroatoms. The number of nitrogen functional groups attached to an aromatic ring is 1. The summed E-state index contributed by atoms with van der Waals surface area (Å²) in [6, 6.07) is 17.7. The minimum Gasteiger partial charge on any atom is -0.481 e. The number of amides is 2. The van der Waals surface area contributed by atoms with Crippen molar-refractivity contribution >= 4 is 23.6 Å². The molecule has 0 radical (unpaired) electrons. The van der Waals surface area contributed by atoms with Gasteiger partial charge in [-0.05, 0) is 55.6 Å². The molecule has 2 fully saturated rings. The Hall–Kier alpha value is -3.76. The molecule has 9 N–H and O–H groups in total. The van der Waals surface area contributed by atoms with Gasteiger partial charge in [0.25, 0.3) is 0 Å². The van der Waals surface area contributed by atoms with E-state index in [2.05, 4.69) is 17.4 Å². The number of carboxylic acid groups (broad SMARTS) is 1. The molecule has 0 bridgehead atoms. The molecule has 2 aliphatic rings. The van der Waals surface area contributed by atoms with E-state index in [1.165, 1.54) is 5.56 Å². The van der Waals surface area contributed by atoms with Crippen LogP contribution in [0.2, 0.25) is 0 Å². The van der Waals surface area contributed by atoms with Gasteiger partial charge in [0.1, 0.15) is 5.84 Å². The quantitative estimate of drug-likeness (QED) is 0.234. The standard InChI is InChI=1S/C29H36N4O4.2H2O/c30-27(31)21-10-8-20(9-11-21)22-15-23(16-22)28(36)32-13-12-25-17-24(18-26(34)35)29(37)33(25)14-4-7-19-5-2-1-3-6-19;;/h1-3,5-6,8-11,22-25H,4,7,12-18H2,(H3,30,31)(H,32,36)(H,34,35);2*1H2/t22?,23?,24-,25+;;/m0../s1. The molecular weight excluding hydrogens is 500 g/mol. The molecule has 2 atom stereocenters. The second kappa shape index (κ2) is 14.4. The molecular formula is C29H40N4O6. The minimum atomic E-state index is -0.952. The van der Waals surface area contributed by atoms with E-state index < -0.39 is 11.9 Å². The second-order valence-corrected chi connectivity index (χ2v) is 10.3. The predicted molar refractivity (Wildman–Crippen MR) is 148 cm³/mol. The maximum atomic E-state index is 12.9. The number of nitrogens with two attached hydrogens (primary N) is 1. The van der Waals surface area contributed by atoms with Crippen molar-refractivity contribution in [2.24, 2.45) is 17.6 Å². The fourth-order valence-electron chi connectivity index (χ4n) is 5.56. The lowest BCUT2D eigenvalue weighted by atomic mass is 9.71. The fourth-order valence-corrected chi connectivity index (χ4v) is 5.56. The van der Waals surface area contributed by atoms with E-state index in [-0.39, 0.29) is 47.0 Å². The smallest absolute Gasteiger partial charge is 0.304 e. The maximum Gasteiger partial charge on any atom is 0.304 e. The molecule has 10 nitrogen and oxygen atoms in total. The van der Waals surface area contributed by atoms with Gasteiger partial charge in [0.05, 0.1) is 12.3 Å². The third-order valence-electron chi connectivity index (χ3n) is 7.74. The molecule has 1 heterocycles. The summed E-state index contributed by atoms with van der Waals surface area (Å²) in [5.41, 5.74) is 8.59. The highest BCUT2D eigenvalue weighted by Gasteiger charge is 2.40. The van der Waals surface area contributed by atoms with Gasteiger partial charge in [0.15, 0.2) is 0 Å². The Morgan fingerprint density at radius 2 is 1.69 bits per heavy atom. The lowest BCUT2D eigenvalue weighted by Gasteiger charge is -2.35. The summed E-state index contributed by atoms with van der Waals surface area (Å²) in [7, 11) is 0. The molecule has 39 heavy (non-hydrogen) atoms. The molecule has 2 aromatic rings. The van der Waals surface area contributed by atoms with Gasteiger partial charge < -0.3 is 32.0 Å². The van der Waals surface area contributed by atoms with Crippen LogP contribution in [0.3, 0.4) is 0 Å². The Morgan fingerprint density at radius 3 is 2.31 bits per heavy atom. The van der Waals surface area contributed by atoms with Crippen molar-refractivity contribution in [3.63, 3.8) is 0 Å². The number of carboxylic acids is 1. The largest absolute Gasteiger partial charge is 0.481 e. The number of amidine groups is 1. The van der Waals surface area contributed by atoms with E-state index in [1.807, 2.05) is 47.4 Å². The van der Waals surface area contributed by atoms with Gasteiger partial charge in [-0.15, -0.1) is 0 Å². The normalized spacial score (nSPS) is 21.7. The first-order valence-corrected chi connectivity index (χ1v) is 13.1. The van der Waals surface area contributed by atoms with Gasteiger partial charge in [-0.1, -0.05) is 54.6 Å². The monoisotopic (exact) mass is 540 g/mol. The number of carbonyl (C=O) groups is 3.